The molecule has 0 aliphatic carbocycles. The lowest BCUT2D eigenvalue weighted by Gasteiger charge is -2.20. The van der Waals surface area contributed by atoms with Crippen LogP contribution in [-0.2, 0) is 22.3 Å². The van der Waals surface area contributed by atoms with Crippen LogP contribution in [0.25, 0.3) is 11.1 Å². The highest BCUT2D eigenvalue weighted by Gasteiger charge is 2.39. The summed E-state index contributed by atoms with van der Waals surface area (Å²) >= 11 is 0. The third-order valence-corrected chi connectivity index (χ3v) is 5.21. The van der Waals surface area contributed by atoms with Crippen LogP contribution in [-0.4, -0.2) is 66.1 Å². The molecule has 0 bridgehead atoms. The van der Waals surface area contributed by atoms with Gasteiger partial charge in [0.25, 0.3) is 0 Å². The topological polar surface area (TPSA) is 101 Å². The lowest BCUT2D eigenvalue weighted by atomic mass is 10.0. The minimum Gasteiger partial charge on any atom is -0.475 e. The average Bonchev–Trinajstić information content (AvgIpc) is 3.19. The first-order chi connectivity index (χ1) is 16.5. The molecule has 2 amide bonds. The van der Waals surface area contributed by atoms with E-state index in [4.69, 9.17) is 14.6 Å². The van der Waals surface area contributed by atoms with E-state index in [1.807, 2.05) is 0 Å². The number of hydrogen-bond acceptors (Lipinski definition) is 5. The van der Waals surface area contributed by atoms with E-state index in [1.165, 1.54) is 13.2 Å². The number of carbonyl (C=O) groups excluding carboxylic acids is 1. The van der Waals surface area contributed by atoms with Crippen molar-refractivity contribution >= 4 is 12.0 Å². The van der Waals surface area contributed by atoms with Gasteiger partial charge in [-0.2, -0.15) is 13.2 Å². The summed E-state index contributed by atoms with van der Waals surface area (Å²) in [5.41, 5.74) is -0.745. The maximum Gasteiger partial charge on any atom is 0.433 e. The fourth-order valence-corrected chi connectivity index (χ4v) is 3.61. The van der Waals surface area contributed by atoms with Gasteiger partial charge in [-0.1, -0.05) is 0 Å². The van der Waals surface area contributed by atoms with E-state index in [0.29, 0.717) is 4.90 Å². The number of alkyl halides is 4. The predicted molar refractivity (Wildman–Crippen MR) is 112 cm³/mol. The van der Waals surface area contributed by atoms with Gasteiger partial charge in [0.05, 0.1) is 13.2 Å². The van der Waals surface area contributed by atoms with Crippen molar-refractivity contribution in [3.8, 4) is 17.0 Å². The molecule has 2 heterocycles. The molecular weight excluding hydrogens is 481 g/mol. The van der Waals surface area contributed by atoms with Crippen molar-refractivity contribution in [3.05, 3.63) is 47.4 Å². The largest absolute Gasteiger partial charge is 0.475 e. The number of methoxy groups -OCH3 is 1. The van der Waals surface area contributed by atoms with Crippen LogP contribution in [0.4, 0.5) is 26.7 Å². The normalized spacial score (nSPS) is 17.9. The van der Waals surface area contributed by atoms with Crippen LogP contribution < -0.4 is 10.1 Å². The summed E-state index contributed by atoms with van der Waals surface area (Å²) in [4.78, 5) is 27.9. The molecule has 2 atom stereocenters. The first kappa shape index (κ1) is 26.1. The molecule has 190 valence electrons. The summed E-state index contributed by atoms with van der Waals surface area (Å²) in [6.07, 6.45) is -7.94. The molecule has 0 radical (unpaired) electrons. The SMILES string of the molecule is COCCOc1nc(C(F)(F)F)ccc1-c1cc(F)cc(CNC(=O)C2C[C@@H](F)CN2C(=O)O)c1. The van der Waals surface area contributed by atoms with Crippen molar-refractivity contribution in [1.82, 2.24) is 15.2 Å². The molecule has 1 aromatic carbocycles. The van der Waals surface area contributed by atoms with Crippen LogP contribution in [0.2, 0.25) is 0 Å². The standard InChI is InChI=1S/C22H22F5N3O5/c1-34-4-5-35-20-16(2-3-18(29-20)22(25,26)27)13-6-12(7-14(23)8-13)10-28-19(31)17-9-15(24)11-30(17)21(32)33/h2-3,6-8,15,17H,4-5,9-11H2,1H3,(H,28,31)(H,32,33)/t15-,17?/m1/s1. The van der Waals surface area contributed by atoms with Gasteiger partial charge in [0.1, 0.15) is 30.3 Å². The van der Waals surface area contributed by atoms with E-state index in [0.717, 1.165) is 24.3 Å². The third kappa shape index (κ3) is 6.56. The summed E-state index contributed by atoms with van der Waals surface area (Å²) in [7, 11) is 1.38. The number of likely N-dealkylation sites (tertiary alicyclic amines) is 1. The summed E-state index contributed by atoms with van der Waals surface area (Å²) < 4.78 is 77.5. The highest BCUT2D eigenvalue weighted by molar-refractivity contribution is 5.86. The number of ether oxygens (including phenoxy) is 2. The Hall–Kier alpha value is -3.48. The fraction of sp³-hybridized carbons (Fsp3) is 0.409. The van der Waals surface area contributed by atoms with Crippen LogP contribution >= 0.6 is 0 Å². The average molecular weight is 503 g/mol. The van der Waals surface area contributed by atoms with Crippen molar-refractivity contribution < 1.29 is 46.1 Å². The van der Waals surface area contributed by atoms with Crippen LogP contribution in [0.15, 0.2) is 30.3 Å². The first-order valence-corrected chi connectivity index (χ1v) is 10.4. The smallest absolute Gasteiger partial charge is 0.433 e. The van der Waals surface area contributed by atoms with Crippen LogP contribution in [0, 0.1) is 5.82 Å². The van der Waals surface area contributed by atoms with Gasteiger partial charge in [0.15, 0.2) is 0 Å². The van der Waals surface area contributed by atoms with Gasteiger partial charge in [-0.3, -0.25) is 9.69 Å². The Morgan fingerprint density at radius 2 is 1.97 bits per heavy atom. The first-order valence-electron chi connectivity index (χ1n) is 10.4. The zero-order valence-corrected chi connectivity index (χ0v) is 18.4. The maximum atomic E-state index is 14.4. The molecule has 1 saturated heterocycles. The minimum atomic E-state index is -4.72. The van der Waals surface area contributed by atoms with E-state index in [9.17, 15) is 31.5 Å². The molecule has 13 heteroatoms. The van der Waals surface area contributed by atoms with E-state index in [2.05, 4.69) is 10.3 Å². The lowest BCUT2D eigenvalue weighted by molar-refractivity contribution is -0.141. The van der Waals surface area contributed by atoms with Gasteiger partial charge in [-0.25, -0.2) is 18.6 Å². The molecule has 1 fully saturated rings. The third-order valence-electron chi connectivity index (χ3n) is 5.21. The quantitative estimate of drug-likeness (QED) is 0.422. The van der Waals surface area contributed by atoms with Crippen molar-refractivity contribution in [2.45, 2.75) is 31.4 Å². The number of pyridine rings is 1. The molecule has 1 aliphatic rings. The fourth-order valence-electron chi connectivity index (χ4n) is 3.61. The van der Waals surface area contributed by atoms with Gasteiger partial charge in [-0.15, -0.1) is 0 Å². The van der Waals surface area contributed by atoms with Crippen LogP contribution in [0.1, 0.15) is 17.7 Å². The number of benzene rings is 1. The summed E-state index contributed by atoms with van der Waals surface area (Å²) in [6.45, 7) is -0.693. The Bertz CT molecular complexity index is 1080. The van der Waals surface area contributed by atoms with Crippen LogP contribution in [0.5, 0.6) is 5.88 Å². The van der Waals surface area contributed by atoms with E-state index in [1.54, 1.807) is 0 Å². The summed E-state index contributed by atoms with van der Waals surface area (Å²) in [5, 5.41) is 11.6. The highest BCUT2D eigenvalue weighted by atomic mass is 19.4. The molecule has 8 nitrogen and oxygen atoms in total. The molecule has 1 unspecified atom stereocenters. The number of rotatable bonds is 8. The number of hydrogen-bond donors (Lipinski definition) is 2. The minimum absolute atomic E-state index is 0.0755. The number of aromatic nitrogens is 1. The second-order valence-electron chi connectivity index (χ2n) is 7.74. The summed E-state index contributed by atoms with van der Waals surface area (Å²) in [5.74, 6) is -1.88. The summed E-state index contributed by atoms with van der Waals surface area (Å²) in [6, 6.07) is 4.18. The number of halogens is 5. The van der Waals surface area contributed by atoms with Gasteiger partial charge in [-0.05, 0) is 41.5 Å². The number of carbonyl (C=O) groups is 2. The lowest BCUT2D eigenvalue weighted by Crippen LogP contribution is -2.45. The maximum absolute atomic E-state index is 14.4. The number of carboxylic acid groups (broad SMARTS) is 1. The molecule has 3 rings (SSSR count). The Morgan fingerprint density at radius 3 is 2.63 bits per heavy atom. The van der Waals surface area contributed by atoms with Crippen molar-refractivity contribution in [2.75, 3.05) is 26.9 Å². The van der Waals surface area contributed by atoms with Gasteiger partial charge >= 0.3 is 12.3 Å². The monoisotopic (exact) mass is 503 g/mol. The van der Waals surface area contributed by atoms with Crippen molar-refractivity contribution in [1.29, 1.82) is 0 Å². The second kappa shape index (κ2) is 10.8. The van der Waals surface area contributed by atoms with Gasteiger partial charge in [0.2, 0.25) is 11.8 Å². The molecule has 35 heavy (non-hydrogen) atoms. The Morgan fingerprint density at radius 1 is 1.23 bits per heavy atom. The number of amides is 2. The number of nitrogens with zero attached hydrogens (tertiary/aromatic N) is 2. The van der Waals surface area contributed by atoms with Crippen molar-refractivity contribution in [2.24, 2.45) is 0 Å². The van der Waals surface area contributed by atoms with Crippen LogP contribution in [0.3, 0.4) is 0 Å². The Kier molecular flexibility index (Phi) is 8.10. The number of nitrogens with one attached hydrogen (secondary N) is 1. The molecule has 1 aliphatic heterocycles. The Balaban J connectivity index is 1.83. The highest BCUT2D eigenvalue weighted by Crippen LogP contribution is 2.35. The van der Waals surface area contributed by atoms with E-state index in [-0.39, 0.29) is 48.7 Å². The zero-order chi connectivity index (χ0) is 25.8. The van der Waals surface area contributed by atoms with Crippen molar-refractivity contribution in [3.63, 3.8) is 0 Å². The zero-order valence-electron chi connectivity index (χ0n) is 18.4. The second-order valence-corrected chi connectivity index (χ2v) is 7.74. The van der Waals surface area contributed by atoms with Gasteiger partial charge < -0.3 is 19.9 Å². The molecule has 1 aromatic heterocycles. The molecule has 0 saturated carbocycles. The molecule has 0 spiro atoms. The predicted octanol–water partition coefficient (Wildman–Crippen LogP) is 3.64. The van der Waals surface area contributed by atoms with E-state index >= 15 is 0 Å². The van der Waals surface area contributed by atoms with Gasteiger partial charge in [0, 0.05) is 25.6 Å². The van der Waals surface area contributed by atoms with E-state index < -0.39 is 48.4 Å². The molecular formula is C22H22F5N3O5. The molecule has 2 aromatic rings. The Labute approximate surface area is 196 Å². The molecule has 2 N–H and O–H groups in total.